The van der Waals surface area contributed by atoms with Crippen molar-refractivity contribution < 1.29 is 4.39 Å². The SMILES string of the molecule is CCNC(Cc1cc(F)cc(Br)c1)c1ccncn1. The first-order valence-corrected chi connectivity index (χ1v) is 6.92. The largest absolute Gasteiger partial charge is 0.309 e. The van der Waals surface area contributed by atoms with Crippen molar-refractivity contribution in [1.29, 1.82) is 0 Å². The van der Waals surface area contributed by atoms with Crippen LogP contribution in [0.5, 0.6) is 0 Å². The Kier molecular flexibility index (Phi) is 4.99. The predicted octanol–water partition coefficient (Wildman–Crippen LogP) is 3.27. The van der Waals surface area contributed by atoms with Gasteiger partial charge in [0.05, 0.1) is 11.7 Å². The number of aromatic nitrogens is 2. The highest BCUT2D eigenvalue weighted by Crippen LogP contribution is 2.20. The monoisotopic (exact) mass is 323 g/mol. The first-order chi connectivity index (χ1) is 9.19. The second kappa shape index (κ2) is 6.73. The molecule has 1 N–H and O–H groups in total. The Balaban J connectivity index is 2.21. The first kappa shape index (κ1) is 14.1. The summed E-state index contributed by atoms with van der Waals surface area (Å²) < 4.78 is 14.1. The van der Waals surface area contributed by atoms with Crippen molar-refractivity contribution in [1.82, 2.24) is 15.3 Å². The summed E-state index contributed by atoms with van der Waals surface area (Å²) in [5.41, 5.74) is 1.84. The molecule has 2 aromatic rings. The number of likely N-dealkylation sites (N-methyl/N-ethyl adjacent to an activating group) is 1. The molecule has 1 aromatic heterocycles. The van der Waals surface area contributed by atoms with Gasteiger partial charge in [-0.05, 0) is 42.8 Å². The lowest BCUT2D eigenvalue weighted by molar-refractivity contribution is 0.533. The molecule has 0 aliphatic heterocycles. The molecule has 0 aliphatic carbocycles. The summed E-state index contributed by atoms with van der Waals surface area (Å²) in [5.74, 6) is -0.234. The molecule has 0 spiro atoms. The third-order valence-electron chi connectivity index (χ3n) is 2.77. The van der Waals surface area contributed by atoms with Crippen LogP contribution < -0.4 is 5.32 Å². The van der Waals surface area contributed by atoms with Gasteiger partial charge in [-0.25, -0.2) is 14.4 Å². The molecule has 0 radical (unpaired) electrons. The van der Waals surface area contributed by atoms with E-state index in [1.807, 2.05) is 19.1 Å². The van der Waals surface area contributed by atoms with Gasteiger partial charge in [0.25, 0.3) is 0 Å². The van der Waals surface area contributed by atoms with E-state index < -0.39 is 0 Å². The van der Waals surface area contributed by atoms with Crippen molar-refractivity contribution in [2.45, 2.75) is 19.4 Å². The Hall–Kier alpha value is -1.33. The van der Waals surface area contributed by atoms with Gasteiger partial charge in [-0.15, -0.1) is 0 Å². The summed E-state index contributed by atoms with van der Waals surface area (Å²) in [7, 11) is 0. The van der Waals surface area contributed by atoms with Crippen LogP contribution in [0.15, 0.2) is 41.3 Å². The number of nitrogens with one attached hydrogen (secondary N) is 1. The average molecular weight is 324 g/mol. The Labute approximate surface area is 120 Å². The minimum atomic E-state index is -0.234. The molecule has 0 saturated carbocycles. The van der Waals surface area contributed by atoms with Crippen LogP contribution in [-0.2, 0) is 6.42 Å². The standard InChI is InChI=1S/C14H15BrFN3/c1-2-18-14(13-3-4-17-9-19-13)7-10-5-11(15)8-12(16)6-10/h3-6,8-9,14,18H,2,7H2,1H3. The molecule has 0 bridgehead atoms. The van der Waals surface area contributed by atoms with Gasteiger partial charge in [-0.3, -0.25) is 0 Å². The van der Waals surface area contributed by atoms with Gasteiger partial charge in [0.1, 0.15) is 12.1 Å². The summed E-state index contributed by atoms with van der Waals surface area (Å²) in [6, 6.07) is 6.87. The fourth-order valence-electron chi connectivity index (χ4n) is 2.00. The van der Waals surface area contributed by atoms with Crippen molar-refractivity contribution >= 4 is 15.9 Å². The smallest absolute Gasteiger partial charge is 0.124 e. The van der Waals surface area contributed by atoms with E-state index in [4.69, 9.17) is 0 Å². The highest BCUT2D eigenvalue weighted by atomic mass is 79.9. The molecule has 0 aliphatic rings. The van der Waals surface area contributed by atoms with E-state index in [1.54, 1.807) is 12.3 Å². The molecule has 0 saturated heterocycles. The molecule has 1 heterocycles. The second-order valence-corrected chi connectivity index (χ2v) is 5.14. The zero-order chi connectivity index (χ0) is 13.7. The summed E-state index contributed by atoms with van der Waals surface area (Å²) in [6.45, 7) is 2.86. The van der Waals surface area contributed by atoms with Crippen molar-refractivity contribution in [3.8, 4) is 0 Å². The van der Waals surface area contributed by atoms with Crippen LogP contribution in [0.25, 0.3) is 0 Å². The average Bonchev–Trinajstić information content (AvgIpc) is 2.38. The number of rotatable bonds is 5. The summed E-state index contributed by atoms with van der Waals surface area (Å²) in [6.07, 6.45) is 3.93. The van der Waals surface area contributed by atoms with Gasteiger partial charge in [0, 0.05) is 10.7 Å². The summed E-state index contributed by atoms with van der Waals surface area (Å²) in [4.78, 5) is 8.18. The number of hydrogen-bond donors (Lipinski definition) is 1. The zero-order valence-electron chi connectivity index (χ0n) is 10.6. The van der Waals surface area contributed by atoms with E-state index in [0.717, 1.165) is 22.3 Å². The lowest BCUT2D eigenvalue weighted by Gasteiger charge is -2.17. The van der Waals surface area contributed by atoms with Crippen molar-refractivity contribution in [3.63, 3.8) is 0 Å². The quantitative estimate of drug-likeness (QED) is 0.917. The summed E-state index contributed by atoms with van der Waals surface area (Å²) >= 11 is 3.31. The highest BCUT2D eigenvalue weighted by molar-refractivity contribution is 9.10. The van der Waals surface area contributed by atoms with Crippen LogP contribution in [0.4, 0.5) is 4.39 Å². The third kappa shape index (κ3) is 4.08. The van der Waals surface area contributed by atoms with Gasteiger partial charge >= 0.3 is 0 Å². The van der Waals surface area contributed by atoms with E-state index in [2.05, 4.69) is 31.2 Å². The molecular formula is C14H15BrFN3. The van der Waals surface area contributed by atoms with Gasteiger partial charge in [0.2, 0.25) is 0 Å². The van der Waals surface area contributed by atoms with Gasteiger partial charge in [-0.1, -0.05) is 22.9 Å². The normalized spacial score (nSPS) is 12.4. The molecular weight excluding hydrogens is 309 g/mol. The van der Waals surface area contributed by atoms with Crippen LogP contribution in [0.1, 0.15) is 24.2 Å². The van der Waals surface area contributed by atoms with Gasteiger partial charge in [-0.2, -0.15) is 0 Å². The van der Waals surface area contributed by atoms with E-state index in [-0.39, 0.29) is 11.9 Å². The molecule has 100 valence electrons. The van der Waals surface area contributed by atoms with Crippen LogP contribution in [0.3, 0.4) is 0 Å². The molecule has 0 fully saturated rings. The van der Waals surface area contributed by atoms with E-state index in [9.17, 15) is 4.39 Å². The van der Waals surface area contributed by atoms with Crippen LogP contribution in [0.2, 0.25) is 0 Å². The number of halogens is 2. The van der Waals surface area contributed by atoms with E-state index in [1.165, 1.54) is 12.4 Å². The van der Waals surface area contributed by atoms with Crippen LogP contribution >= 0.6 is 15.9 Å². The lowest BCUT2D eigenvalue weighted by Crippen LogP contribution is -2.24. The Morgan fingerprint density at radius 2 is 2.21 bits per heavy atom. The number of hydrogen-bond acceptors (Lipinski definition) is 3. The van der Waals surface area contributed by atoms with E-state index in [0.29, 0.717) is 6.42 Å². The highest BCUT2D eigenvalue weighted by Gasteiger charge is 2.13. The van der Waals surface area contributed by atoms with Gasteiger partial charge in [0.15, 0.2) is 0 Å². The lowest BCUT2D eigenvalue weighted by atomic mass is 10.0. The van der Waals surface area contributed by atoms with Crippen LogP contribution in [-0.4, -0.2) is 16.5 Å². The first-order valence-electron chi connectivity index (χ1n) is 6.13. The molecule has 2 rings (SSSR count). The van der Waals surface area contributed by atoms with Crippen molar-refractivity contribution in [2.24, 2.45) is 0 Å². The minimum absolute atomic E-state index is 0.0571. The fraction of sp³-hybridized carbons (Fsp3) is 0.286. The Morgan fingerprint density at radius 3 is 2.84 bits per heavy atom. The molecule has 19 heavy (non-hydrogen) atoms. The molecule has 3 nitrogen and oxygen atoms in total. The third-order valence-corrected chi connectivity index (χ3v) is 3.23. The predicted molar refractivity (Wildman–Crippen MR) is 76.3 cm³/mol. The zero-order valence-corrected chi connectivity index (χ0v) is 12.2. The van der Waals surface area contributed by atoms with Crippen molar-refractivity contribution in [3.05, 3.63) is 58.3 Å². The number of nitrogens with zero attached hydrogens (tertiary/aromatic N) is 2. The number of benzene rings is 1. The second-order valence-electron chi connectivity index (χ2n) is 4.23. The van der Waals surface area contributed by atoms with E-state index >= 15 is 0 Å². The minimum Gasteiger partial charge on any atom is -0.309 e. The van der Waals surface area contributed by atoms with Crippen LogP contribution in [0, 0.1) is 5.82 Å². The Morgan fingerprint density at radius 1 is 1.37 bits per heavy atom. The molecule has 1 aromatic carbocycles. The summed E-state index contributed by atoms with van der Waals surface area (Å²) in [5, 5.41) is 3.36. The molecule has 1 unspecified atom stereocenters. The molecule has 5 heteroatoms. The fourth-order valence-corrected chi connectivity index (χ4v) is 2.51. The maximum absolute atomic E-state index is 13.4. The maximum Gasteiger partial charge on any atom is 0.124 e. The van der Waals surface area contributed by atoms with Crippen molar-refractivity contribution in [2.75, 3.05) is 6.54 Å². The topological polar surface area (TPSA) is 37.8 Å². The molecule has 0 amide bonds. The maximum atomic E-state index is 13.4. The molecule has 1 atom stereocenters. The van der Waals surface area contributed by atoms with Gasteiger partial charge < -0.3 is 5.32 Å². The Bertz CT molecular complexity index is 513.